The Morgan fingerprint density at radius 1 is 0.400 bits per heavy atom. The van der Waals surface area contributed by atoms with Gasteiger partial charge in [-0.2, -0.15) is 0 Å². The highest BCUT2D eigenvalue weighted by molar-refractivity contribution is 5.89. The van der Waals surface area contributed by atoms with Crippen LogP contribution in [0.4, 0.5) is 11.4 Å². The summed E-state index contributed by atoms with van der Waals surface area (Å²) in [4.78, 5) is 15.4. The number of allylic oxidation sites excluding steroid dienone is 4. The van der Waals surface area contributed by atoms with Gasteiger partial charge in [-0.3, -0.25) is 0 Å². The molecule has 70 heavy (non-hydrogen) atoms. The van der Waals surface area contributed by atoms with Crippen LogP contribution in [0.3, 0.4) is 0 Å². The molecule has 0 aliphatic heterocycles. The van der Waals surface area contributed by atoms with Crippen molar-refractivity contribution in [3.8, 4) is 67.5 Å². The van der Waals surface area contributed by atoms with E-state index in [1.165, 1.54) is 28.5 Å². The van der Waals surface area contributed by atoms with E-state index >= 15 is 0 Å². The molecule has 0 radical (unpaired) electrons. The summed E-state index contributed by atoms with van der Waals surface area (Å²) in [5.74, 6) is 2.25. The number of nitrogens with one attached hydrogen (secondary N) is 2. The zero-order valence-corrected chi connectivity index (χ0v) is 38.3. The molecule has 0 saturated heterocycles. The molecule has 9 aromatic carbocycles. The number of anilines is 2. The number of benzene rings is 9. The van der Waals surface area contributed by atoms with Crippen LogP contribution in [0.5, 0.6) is 0 Å². The van der Waals surface area contributed by atoms with Gasteiger partial charge in [-0.05, 0) is 92.0 Å². The summed E-state index contributed by atoms with van der Waals surface area (Å²) < 4.78 is 0. The highest BCUT2D eigenvalue weighted by Crippen LogP contribution is 2.59. The van der Waals surface area contributed by atoms with Crippen molar-refractivity contribution in [2.24, 2.45) is 5.92 Å². The molecule has 2 N–H and O–H groups in total. The van der Waals surface area contributed by atoms with E-state index in [1.54, 1.807) is 0 Å². The standard InChI is InChI=1S/C65H47N5/c66-43-53-41-55(65(54-26-8-3-9-27-54)59-31-12-10-29-57(59)58-30-11-13-32-60(58)65)37-38-61(53)67-56-28-16-23-50(42-56)49-22-15-25-52(40-49)64-69-62(47-35-33-46(34-36-47)44-17-4-1-5-18-44)68-63(70-64)51-24-14-21-48(39-51)45-19-6-2-7-20-45/h1-43,57,59,66-67H. The van der Waals surface area contributed by atoms with E-state index in [0.717, 1.165) is 67.0 Å². The SMILES string of the molecule is N=Cc1cc(C2(c3ccccc3)c3ccccc3C3C=CC=CC32)ccc1Nc1cccc(-c2cccc(-c3nc(-c4ccc(-c5ccccc5)cc4)nc(-c4cccc(-c5ccccc5)c4)n3)c2)c1. The lowest BCUT2D eigenvalue weighted by molar-refractivity contribution is 0.456. The molecule has 2 aliphatic carbocycles. The van der Waals surface area contributed by atoms with E-state index in [-0.39, 0.29) is 11.8 Å². The van der Waals surface area contributed by atoms with Gasteiger partial charge in [-0.1, -0.05) is 218 Å². The van der Waals surface area contributed by atoms with Gasteiger partial charge in [0.05, 0.1) is 5.41 Å². The van der Waals surface area contributed by atoms with Gasteiger partial charge in [0.15, 0.2) is 17.5 Å². The zero-order chi connectivity index (χ0) is 46.9. The van der Waals surface area contributed by atoms with Crippen molar-refractivity contribution in [2.75, 3.05) is 5.32 Å². The zero-order valence-electron chi connectivity index (χ0n) is 38.3. The van der Waals surface area contributed by atoms with Crippen molar-refractivity contribution in [1.29, 1.82) is 5.41 Å². The van der Waals surface area contributed by atoms with Crippen LogP contribution in [0, 0.1) is 11.3 Å². The van der Waals surface area contributed by atoms with Gasteiger partial charge in [-0.25, -0.2) is 15.0 Å². The average molecular weight is 898 g/mol. The molecular formula is C65H47N5. The third-order valence-electron chi connectivity index (χ3n) is 14.0. The minimum atomic E-state index is -0.426. The van der Waals surface area contributed by atoms with Gasteiger partial charge < -0.3 is 10.7 Å². The lowest BCUT2D eigenvalue weighted by Gasteiger charge is -2.39. The molecule has 0 amide bonds. The Kier molecular flexibility index (Phi) is 11.0. The van der Waals surface area contributed by atoms with Gasteiger partial charge in [0.2, 0.25) is 0 Å². The molecule has 10 aromatic rings. The maximum absolute atomic E-state index is 8.72. The molecule has 3 atom stereocenters. The van der Waals surface area contributed by atoms with Gasteiger partial charge in [-0.15, -0.1) is 0 Å². The van der Waals surface area contributed by atoms with Gasteiger partial charge in [0, 0.05) is 51.7 Å². The monoisotopic (exact) mass is 897 g/mol. The molecule has 332 valence electrons. The third kappa shape index (κ3) is 7.73. The van der Waals surface area contributed by atoms with Crippen molar-refractivity contribution >= 4 is 17.6 Å². The molecule has 5 heteroatoms. The van der Waals surface area contributed by atoms with Crippen molar-refractivity contribution in [1.82, 2.24) is 15.0 Å². The smallest absolute Gasteiger partial charge is 0.164 e. The molecular weight excluding hydrogens is 851 g/mol. The van der Waals surface area contributed by atoms with E-state index < -0.39 is 5.41 Å². The third-order valence-corrected chi connectivity index (χ3v) is 14.0. The van der Waals surface area contributed by atoms with Crippen molar-refractivity contribution in [3.63, 3.8) is 0 Å². The number of aromatic nitrogens is 3. The highest BCUT2D eigenvalue weighted by Gasteiger charge is 2.52. The Morgan fingerprint density at radius 2 is 0.900 bits per heavy atom. The first kappa shape index (κ1) is 42.3. The maximum Gasteiger partial charge on any atom is 0.164 e. The van der Waals surface area contributed by atoms with Gasteiger partial charge >= 0.3 is 0 Å². The Labute approximate surface area is 408 Å². The average Bonchev–Trinajstić information content (AvgIpc) is 3.75. The maximum atomic E-state index is 8.72. The summed E-state index contributed by atoms with van der Waals surface area (Å²) in [7, 11) is 0. The topological polar surface area (TPSA) is 74.6 Å². The largest absolute Gasteiger partial charge is 0.355 e. The molecule has 1 heterocycles. The van der Waals surface area contributed by atoms with E-state index in [1.807, 2.05) is 12.1 Å². The number of fused-ring (bicyclic) bond motifs is 3. The van der Waals surface area contributed by atoms with Crippen LogP contribution in [0.25, 0.3) is 67.5 Å². The molecule has 0 bridgehead atoms. The fourth-order valence-corrected chi connectivity index (χ4v) is 10.7. The van der Waals surface area contributed by atoms with Gasteiger partial charge in [0.1, 0.15) is 0 Å². The summed E-state index contributed by atoms with van der Waals surface area (Å²) in [5.41, 5.74) is 16.6. The summed E-state index contributed by atoms with van der Waals surface area (Å²) in [6.45, 7) is 0. The quantitative estimate of drug-likeness (QED) is 0.127. The normalized spacial score (nSPS) is 16.6. The van der Waals surface area contributed by atoms with Crippen LogP contribution in [0.1, 0.15) is 33.7 Å². The minimum Gasteiger partial charge on any atom is -0.355 e. The lowest BCUT2D eigenvalue weighted by atomic mass is 9.63. The first-order chi connectivity index (χ1) is 34.6. The van der Waals surface area contributed by atoms with Crippen LogP contribution in [0.15, 0.2) is 255 Å². The summed E-state index contributed by atoms with van der Waals surface area (Å²) in [5, 5.41) is 12.4. The number of hydrogen-bond acceptors (Lipinski definition) is 5. The highest BCUT2D eigenvalue weighted by atomic mass is 15.0. The molecule has 1 aromatic heterocycles. The second-order valence-corrected chi connectivity index (χ2v) is 18.0. The Bertz CT molecular complexity index is 3600. The Balaban J connectivity index is 0.888. The number of rotatable bonds is 11. The Hall–Kier alpha value is -9.06. The second-order valence-electron chi connectivity index (χ2n) is 18.0. The van der Waals surface area contributed by atoms with E-state index in [4.69, 9.17) is 20.4 Å². The molecule has 12 rings (SSSR count). The Morgan fingerprint density at radius 3 is 1.57 bits per heavy atom. The summed E-state index contributed by atoms with van der Waals surface area (Å²) in [6, 6.07) is 80.9. The lowest BCUT2D eigenvalue weighted by Crippen LogP contribution is -2.35. The number of hydrogen-bond donors (Lipinski definition) is 2. The van der Waals surface area contributed by atoms with E-state index in [9.17, 15) is 0 Å². The molecule has 0 fully saturated rings. The summed E-state index contributed by atoms with van der Waals surface area (Å²) >= 11 is 0. The van der Waals surface area contributed by atoms with Crippen molar-refractivity contribution in [2.45, 2.75) is 11.3 Å². The molecule has 2 aliphatic rings. The first-order valence-corrected chi connectivity index (χ1v) is 23.8. The van der Waals surface area contributed by atoms with E-state index in [2.05, 4.69) is 248 Å². The second kappa shape index (κ2) is 18.2. The van der Waals surface area contributed by atoms with Crippen LogP contribution in [-0.2, 0) is 5.41 Å². The summed E-state index contributed by atoms with van der Waals surface area (Å²) in [6.07, 6.45) is 10.6. The molecule has 3 unspecified atom stereocenters. The first-order valence-electron chi connectivity index (χ1n) is 23.8. The predicted octanol–water partition coefficient (Wildman–Crippen LogP) is 15.8. The molecule has 5 nitrogen and oxygen atoms in total. The van der Waals surface area contributed by atoms with Gasteiger partial charge in [0.25, 0.3) is 0 Å². The van der Waals surface area contributed by atoms with Crippen LogP contribution < -0.4 is 5.32 Å². The van der Waals surface area contributed by atoms with Crippen LogP contribution in [0.2, 0.25) is 0 Å². The predicted molar refractivity (Wildman–Crippen MR) is 287 cm³/mol. The fraction of sp³-hybridized carbons (Fsp3) is 0.0462. The fourth-order valence-electron chi connectivity index (χ4n) is 10.7. The van der Waals surface area contributed by atoms with E-state index in [0.29, 0.717) is 17.5 Å². The molecule has 0 saturated carbocycles. The van der Waals surface area contributed by atoms with Crippen LogP contribution >= 0.6 is 0 Å². The number of nitrogens with zero attached hydrogens (tertiary/aromatic N) is 3. The van der Waals surface area contributed by atoms with Crippen molar-refractivity contribution < 1.29 is 0 Å². The van der Waals surface area contributed by atoms with Crippen molar-refractivity contribution in [3.05, 3.63) is 283 Å². The minimum absolute atomic E-state index is 0.190. The van der Waals surface area contributed by atoms with Crippen LogP contribution in [-0.4, -0.2) is 21.2 Å². The molecule has 0 spiro atoms.